The van der Waals surface area contributed by atoms with Crippen LogP contribution in [0.2, 0.25) is 0 Å². The lowest BCUT2D eigenvalue weighted by molar-refractivity contribution is -0.143. The lowest BCUT2D eigenvalue weighted by Gasteiger charge is -2.41. The number of para-hydroxylation sites is 1. The lowest BCUT2D eigenvalue weighted by atomic mass is 9.94. The molecule has 0 saturated carbocycles. The van der Waals surface area contributed by atoms with Gasteiger partial charge in [0.05, 0.1) is 23.8 Å². The third-order valence-electron chi connectivity index (χ3n) is 5.89. The molecule has 28 heavy (non-hydrogen) atoms. The Hall–Kier alpha value is -3.03. The van der Waals surface area contributed by atoms with Crippen molar-refractivity contribution >= 4 is 17.6 Å². The second kappa shape index (κ2) is 6.54. The predicted octanol–water partition coefficient (Wildman–Crippen LogP) is 1.39. The summed E-state index contributed by atoms with van der Waals surface area (Å²) < 4.78 is 7.63. The summed E-state index contributed by atoms with van der Waals surface area (Å²) in [6.07, 6.45) is 4.36. The summed E-state index contributed by atoms with van der Waals surface area (Å²) in [4.78, 5) is 30.3. The zero-order chi connectivity index (χ0) is 19.3. The monoisotopic (exact) mass is 381 g/mol. The summed E-state index contributed by atoms with van der Waals surface area (Å²) in [6, 6.07) is 8.07. The summed E-state index contributed by atoms with van der Waals surface area (Å²) in [6.45, 7) is 3.13. The van der Waals surface area contributed by atoms with Gasteiger partial charge in [0.1, 0.15) is 12.4 Å². The highest BCUT2D eigenvalue weighted by Gasteiger charge is 2.38. The maximum absolute atomic E-state index is 12.8. The highest BCUT2D eigenvalue weighted by molar-refractivity contribution is 5.93. The van der Waals surface area contributed by atoms with Gasteiger partial charge in [-0.2, -0.15) is 5.10 Å². The van der Waals surface area contributed by atoms with Gasteiger partial charge in [-0.25, -0.2) is 4.79 Å². The molecular formula is C20H23N5O3. The largest absolute Gasteiger partial charge is 0.492 e. The number of carbonyl (C=O) groups excluding carboxylic acids is 2. The van der Waals surface area contributed by atoms with E-state index in [0.717, 1.165) is 30.0 Å². The number of amides is 3. The first-order chi connectivity index (χ1) is 13.6. The van der Waals surface area contributed by atoms with Crippen LogP contribution in [-0.4, -0.2) is 71.4 Å². The zero-order valence-electron chi connectivity index (χ0n) is 15.8. The second-order valence-electron chi connectivity index (χ2n) is 7.75. The van der Waals surface area contributed by atoms with Crippen LogP contribution in [0.4, 0.5) is 10.5 Å². The fourth-order valence-corrected chi connectivity index (χ4v) is 4.10. The van der Waals surface area contributed by atoms with Crippen molar-refractivity contribution in [3.63, 3.8) is 0 Å². The van der Waals surface area contributed by atoms with E-state index in [2.05, 4.69) is 5.10 Å². The number of likely N-dealkylation sites (N-methyl/N-ethyl adjacent to an activating group) is 1. The molecule has 3 aliphatic heterocycles. The molecule has 8 heteroatoms. The minimum Gasteiger partial charge on any atom is -0.492 e. The molecule has 2 saturated heterocycles. The molecule has 0 radical (unpaired) electrons. The summed E-state index contributed by atoms with van der Waals surface area (Å²) in [5.74, 6) is 0.912. The molecular weight excluding hydrogens is 358 g/mol. The first kappa shape index (κ1) is 17.1. The van der Waals surface area contributed by atoms with Crippen molar-refractivity contribution in [3.05, 3.63) is 42.2 Å². The average Bonchev–Trinajstić information content (AvgIpc) is 3.27. The molecule has 4 heterocycles. The third kappa shape index (κ3) is 2.80. The third-order valence-corrected chi connectivity index (χ3v) is 5.89. The number of carbonyl (C=O) groups is 2. The van der Waals surface area contributed by atoms with Gasteiger partial charge < -0.3 is 14.5 Å². The first-order valence-electron chi connectivity index (χ1n) is 9.66. The minimum absolute atomic E-state index is 0.00236. The summed E-state index contributed by atoms with van der Waals surface area (Å²) in [7, 11) is 1.80. The van der Waals surface area contributed by atoms with Crippen molar-refractivity contribution in [2.75, 3.05) is 44.7 Å². The Morgan fingerprint density at radius 3 is 2.82 bits per heavy atom. The Kier molecular flexibility index (Phi) is 3.99. The number of urea groups is 1. The van der Waals surface area contributed by atoms with Gasteiger partial charge in [0.15, 0.2) is 0 Å². The SMILES string of the molecule is CN1CCN(c2cnn(C3CN(C(=O)C4COc5ccccc5C4)C3)c2)C1=O. The van der Waals surface area contributed by atoms with Crippen molar-refractivity contribution in [2.24, 2.45) is 5.92 Å². The topological polar surface area (TPSA) is 70.9 Å². The highest BCUT2D eigenvalue weighted by atomic mass is 16.5. The van der Waals surface area contributed by atoms with Crippen molar-refractivity contribution in [1.29, 1.82) is 0 Å². The van der Waals surface area contributed by atoms with Crippen LogP contribution in [0.5, 0.6) is 5.75 Å². The molecule has 3 aliphatic rings. The number of anilines is 1. The molecule has 0 bridgehead atoms. The van der Waals surface area contributed by atoms with Gasteiger partial charge in [-0.3, -0.25) is 14.4 Å². The highest BCUT2D eigenvalue weighted by Crippen LogP contribution is 2.31. The van der Waals surface area contributed by atoms with Crippen LogP contribution in [0.25, 0.3) is 0 Å². The van der Waals surface area contributed by atoms with E-state index in [1.54, 1.807) is 23.0 Å². The molecule has 3 amide bonds. The number of hydrogen-bond acceptors (Lipinski definition) is 4. The van der Waals surface area contributed by atoms with Crippen LogP contribution in [-0.2, 0) is 11.2 Å². The number of nitrogens with zero attached hydrogens (tertiary/aromatic N) is 5. The number of rotatable bonds is 3. The molecule has 0 aliphatic carbocycles. The normalized spacial score (nSPS) is 22.1. The van der Waals surface area contributed by atoms with Gasteiger partial charge in [0.25, 0.3) is 0 Å². The van der Waals surface area contributed by atoms with E-state index in [9.17, 15) is 9.59 Å². The van der Waals surface area contributed by atoms with Crippen LogP contribution >= 0.6 is 0 Å². The quantitative estimate of drug-likeness (QED) is 0.806. The number of likely N-dealkylation sites (tertiary alicyclic amines) is 1. The van der Waals surface area contributed by atoms with Gasteiger partial charge in [-0.1, -0.05) is 18.2 Å². The molecule has 1 atom stereocenters. The summed E-state index contributed by atoms with van der Waals surface area (Å²) in [5, 5.41) is 4.42. The predicted molar refractivity (Wildman–Crippen MR) is 102 cm³/mol. The molecule has 0 N–H and O–H groups in total. The van der Waals surface area contributed by atoms with E-state index < -0.39 is 0 Å². The Balaban J connectivity index is 1.19. The van der Waals surface area contributed by atoms with E-state index in [4.69, 9.17) is 4.74 Å². The first-order valence-corrected chi connectivity index (χ1v) is 9.66. The molecule has 2 aromatic rings. The van der Waals surface area contributed by atoms with Crippen LogP contribution in [0, 0.1) is 5.92 Å². The van der Waals surface area contributed by atoms with Gasteiger partial charge in [-0.05, 0) is 18.1 Å². The number of benzene rings is 1. The fourth-order valence-electron chi connectivity index (χ4n) is 4.10. The van der Waals surface area contributed by atoms with Gasteiger partial charge >= 0.3 is 6.03 Å². The standard InChI is InChI=1S/C20H23N5O3/c1-22-6-7-24(20(22)27)16-9-21-25(12-16)17-10-23(11-17)19(26)15-8-14-4-2-3-5-18(14)28-13-15/h2-5,9,12,15,17H,6-8,10-11,13H2,1H3. The second-order valence-corrected chi connectivity index (χ2v) is 7.75. The van der Waals surface area contributed by atoms with Crippen molar-refractivity contribution in [3.8, 4) is 5.75 Å². The van der Waals surface area contributed by atoms with E-state index in [-0.39, 0.29) is 23.9 Å². The maximum Gasteiger partial charge on any atom is 0.324 e. The smallest absolute Gasteiger partial charge is 0.324 e. The molecule has 146 valence electrons. The summed E-state index contributed by atoms with van der Waals surface area (Å²) >= 11 is 0. The number of ether oxygens (including phenoxy) is 1. The number of hydrogen-bond donors (Lipinski definition) is 0. The fraction of sp³-hybridized carbons (Fsp3) is 0.450. The molecule has 1 unspecified atom stereocenters. The van der Waals surface area contributed by atoms with Gasteiger partial charge in [-0.15, -0.1) is 0 Å². The Labute approximate surface area is 163 Å². The van der Waals surface area contributed by atoms with Crippen molar-refractivity contribution in [2.45, 2.75) is 12.5 Å². The zero-order valence-corrected chi connectivity index (χ0v) is 15.8. The molecule has 1 aromatic carbocycles. The molecule has 5 rings (SSSR count). The van der Waals surface area contributed by atoms with E-state index in [1.165, 1.54) is 0 Å². The number of fused-ring (bicyclic) bond motifs is 1. The molecule has 2 fully saturated rings. The van der Waals surface area contributed by atoms with Crippen LogP contribution in [0.15, 0.2) is 36.7 Å². The van der Waals surface area contributed by atoms with E-state index in [1.807, 2.05) is 40.0 Å². The van der Waals surface area contributed by atoms with Crippen LogP contribution < -0.4 is 9.64 Å². The average molecular weight is 381 g/mol. The Morgan fingerprint density at radius 1 is 1.21 bits per heavy atom. The molecule has 1 aromatic heterocycles. The van der Waals surface area contributed by atoms with E-state index >= 15 is 0 Å². The van der Waals surface area contributed by atoms with Crippen molar-refractivity contribution < 1.29 is 14.3 Å². The van der Waals surface area contributed by atoms with Gasteiger partial charge in [0.2, 0.25) is 5.91 Å². The Bertz CT molecular complexity index is 920. The van der Waals surface area contributed by atoms with Crippen molar-refractivity contribution in [1.82, 2.24) is 19.6 Å². The maximum atomic E-state index is 12.8. The molecule has 0 spiro atoms. The van der Waals surface area contributed by atoms with Crippen LogP contribution in [0.1, 0.15) is 11.6 Å². The lowest BCUT2D eigenvalue weighted by Crippen LogP contribution is -2.54. The number of aromatic nitrogens is 2. The Morgan fingerprint density at radius 2 is 2.04 bits per heavy atom. The summed E-state index contributed by atoms with van der Waals surface area (Å²) in [5.41, 5.74) is 1.91. The molecule has 8 nitrogen and oxygen atoms in total. The van der Waals surface area contributed by atoms with Crippen LogP contribution in [0.3, 0.4) is 0 Å². The minimum atomic E-state index is -0.123. The van der Waals surface area contributed by atoms with Gasteiger partial charge in [0, 0.05) is 39.4 Å². The van der Waals surface area contributed by atoms with E-state index in [0.29, 0.717) is 26.2 Å².